The normalized spacial score (nSPS) is 45.5. The zero-order valence-corrected chi connectivity index (χ0v) is 17.8. The van der Waals surface area contributed by atoms with Crippen LogP contribution in [0.2, 0.25) is 0 Å². The highest BCUT2D eigenvalue weighted by atomic mass is 16.1. The van der Waals surface area contributed by atoms with Crippen molar-refractivity contribution < 1.29 is 4.79 Å². The van der Waals surface area contributed by atoms with Crippen LogP contribution >= 0.6 is 0 Å². The monoisotopic (exact) mass is 375 g/mol. The second-order valence-corrected chi connectivity index (χ2v) is 10.9. The van der Waals surface area contributed by atoms with Crippen LogP contribution in [0, 0.1) is 29.6 Å². The van der Waals surface area contributed by atoms with Gasteiger partial charge in [0.2, 0.25) is 0 Å². The van der Waals surface area contributed by atoms with E-state index in [0.717, 1.165) is 12.8 Å². The molecule has 2 spiro atoms. The highest BCUT2D eigenvalue weighted by molar-refractivity contribution is 5.81. The van der Waals surface area contributed by atoms with E-state index in [1.54, 1.807) is 16.7 Å². The van der Waals surface area contributed by atoms with Crippen LogP contribution in [0.1, 0.15) is 61.8 Å². The van der Waals surface area contributed by atoms with Gasteiger partial charge in [0, 0.05) is 22.8 Å². The Hall–Kier alpha value is -1.41. The molecule has 7 rings (SSSR count). The number of hydrogen-bond acceptors (Lipinski definition) is 2. The number of allylic oxidation sites excluding steroid dienone is 1. The fourth-order valence-corrected chi connectivity index (χ4v) is 9.02. The molecule has 1 aromatic carbocycles. The molecule has 1 aromatic rings. The lowest BCUT2D eigenvalue weighted by Crippen LogP contribution is -2.75. The maximum atomic E-state index is 12.9. The number of carbonyl (C=O) groups is 1. The van der Waals surface area contributed by atoms with Crippen molar-refractivity contribution in [2.24, 2.45) is 22.7 Å². The van der Waals surface area contributed by atoms with Gasteiger partial charge in [0.05, 0.1) is 0 Å². The molecular formula is C26H33NO. The molecule has 2 nitrogen and oxygen atoms in total. The molecule has 0 N–H and O–H groups in total. The Bertz CT molecular complexity index is 931. The van der Waals surface area contributed by atoms with Gasteiger partial charge in [0.25, 0.3) is 0 Å². The lowest BCUT2D eigenvalue weighted by atomic mass is 9.31. The summed E-state index contributed by atoms with van der Waals surface area (Å²) in [5.41, 5.74) is 6.94. The van der Waals surface area contributed by atoms with Gasteiger partial charge in [-0.25, -0.2) is 0 Å². The summed E-state index contributed by atoms with van der Waals surface area (Å²) in [6.07, 6.45) is 12.4. The van der Waals surface area contributed by atoms with Gasteiger partial charge in [0.1, 0.15) is 5.78 Å². The van der Waals surface area contributed by atoms with Crippen molar-refractivity contribution in [1.82, 2.24) is 4.90 Å². The fourth-order valence-electron chi connectivity index (χ4n) is 9.02. The number of rotatable bonds is 1. The molecule has 1 aliphatic heterocycles. The number of benzene rings is 1. The zero-order chi connectivity index (χ0) is 19.5. The van der Waals surface area contributed by atoms with Crippen LogP contribution in [-0.2, 0) is 23.1 Å². The first-order valence-electron chi connectivity index (χ1n) is 11.4. The first kappa shape index (κ1) is 17.4. The minimum absolute atomic E-state index is 0.0218. The minimum Gasteiger partial charge on any atom is -0.302 e. The van der Waals surface area contributed by atoms with E-state index >= 15 is 0 Å². The molecule has 148 valence electrons. The largest absolute Gasteiger partial charge is 0.302 e. The number of carbonyl (C=O) groups excluding carboxylic acids is 1. The number of fused-ring (bicyclic) bond motifs is 1. The quantitative estimate of drug-likeness (QED) is 0.668. The van der Waals surface area contributed by atoms with Crippen molar-refractivity contribution in [3.05, 3.63) is 46.5 Å². The number of likely N-dealkylation sites (tertiary alicyclic amines) is 1. The molecule has 5 aliphatic carbocycles. The van der Waals surface area contributed by atoms with Crippen molar-refractivity contribution in [2.45, 2.75) is 70.8 Å². The van der Waals surface area contributed by atoms with Gasteiger partial charge >= 0.3 is 0 Å². The lowest BCUT2D eigenvalue weighted by Gasteiger charge is -2.74. The highest BCUT2D eigenvalue weighted by Gasteiger charge is 2.74. The van der Waals surface area contributed by atoms with Crippen LogP contribution in [0.4, 0.5) is 0 Å². The van der Waals surface area contributed by atoms with Crippen LogP contribution in [-0.4, -0.2) is 30.3 Å². The molecule has 6 unspecified atom stereocenters. The second-order valence-electron chi connectivity index (χ2n) is 10.9. The molecule has 0 amide bonds. The summed E-state index contributed by atoms with van der Waals surface area (Å²) in [5, 5.41) is 0. The number of hydrogen-bond donors (Lipinski definition) is 0. The zero-order valence-electron chi connectivity index (χ0n) is 17.8. The lowest BCUT2D eigenvalue weighted by molar-refractivity contribution is -0.167. The average molecular weight is 376 g/mol. The van der Waals surface area contributed by atoms with E-state index < -0.39 is 0 Å². The summed E-state index contributed by atoms with van der Waals surface area (Å²) in [6.45, 7) is 7.82. The third-order valence-electron chi connectivity index (χ3n) is 10.1. The molecule has 28 heavy (non-hydrogen) atoms. The predicted molar refractivity (Wildman–Crippen MR) is 112 cm³/mol. The maximum absolute atomic E-state index is 12.9. The molecule has 0 aromatic heterocycles. The van der Waals surface area contributed by atoms with Gasteiger partial charge in [-0.15, -0.1) is 0 Å². The Morgan fingerprint density at radius 3 is 2.86 bits per heavy atom. The van der Waals surface area contributed by atoms with Crippen LogP contribution in [0.25, 0.3) is 0 Å². The van der Waals surface area contributed by atoms with E-state index in [2.05, 4.69) is 50.1 Å². The summed E-state index contributed by atoms with van der Waals surface area (Å²) >= 11 is 0. The Morgan fingerprint density at radius 2 is 2.07 bits per heavy atom. The van der Waals surface area contributed by atoms with E-state index in [1.807, 2.05) is 6.92 Å². The maximum Gasteiger partial charge on any atom is 0.133 e. The SMILES string of the molecule is CC(=O)C1CC23C=CC1(C)C1CCCc4c(C)ccc5c4C12CCN(C)C3C5. The van der Waals surface area contributed by atoms with Crippen molar-refractivity contribution in [3.63, 3.8) is 0 Å². The Labute approximate surface area is 169 Å². The molecule has 1 saturated carbocycles. The predicted octanol–water partition coefficient (Wildman–Crippen LogP) is 4.62. The smallest absolute Gasteiger partial charge is 0.133 e. The first-order chi connectivity index (χ1) is 13.3. The topological polar surface area (TPSA) is 20.3 Å². The number of ketones is 1. The molecule has 4 bridgehead atoms. The number of Topliss-reactive ketones (excluding diaryl/α,β-unsaturated/α-hetero) is 1. The Balaban J connectivity index is 1.74. The molecule has 6 atom stereocenters. The first-order valence-corrected chi connectivity index (χ1v) is 11.4. The third kappa shape index (κ3) is 1.67. The van der Waals surface area contributed by atoms with Crippen LogP contribution in [0.5, 0.6) is 0 Å². The summed E-state index contributed by atoms with van der Waals surface area (Å²) in [4.78, 5) is 15.5. The van der Waals surface area contributed by atoms with Crippen molar-refractivity contribution in [3.8, 4) is 0 Å². The van der Waals surface area contributed by atoms with Crippen LogP contribution in [0.3, 0.4) is 0 Å². The summed E-state index contributed by atoms with van der Waals surface area (Å²) in [7, 11) is 2.33. The van der Waals surface area contributed by atoms with E-state index in [4.69, 9.17) is 0 Å². The van der Waals surface area contributed by atoms with Gasteiger partial charge in [-0.1, -0.05) is 31.2 Å². The Morgan fingerprint density at radius 1 is 1.25 bits per heavy atom. The standard InChI is InChI=1S/C26H33NO/c1-16-8-9-18-14-22-25-11-10-24(3,20(15-25)17(2)28)21-7-5-6-19(16)23(18)26(21,25)12-13-27(22)4/h8-11,20-22H,5-7,12-15H2,1-4H3. The minimum atomic E-state index is 0.0218. The Kier molecular flexibility index (Phi) is 3.24. The third-order valence-corrected chi connectivity index (χ3v) is 10.1. The number of piperidine rings is 1. The molecule has 1 saturated heterocycles. The van der Waals surface area contributed by atoms with Gasteiger partial charge in [-0.3, -0.25) is 4.79 Å². The second kappa shape index (κ2) is 5.19. The number of likely N-dealkylation sites (N-methyl/N-ethyl adjacent to an activating group) is 1. The summed E-state index contributed by atoms with van der Waals surface area (Å²) < 4.78 is 0. The van der Waals surface area contributed by atoms with Gasteiger partial charge in [-0.2, -0.15) is 0 Å². The molecular weight excluding hydrogens is 342 g/mol. The van der Waals surface area contributed by atoms with Crippen molar-refractivity contribution in [1.29, 1.82) is 0 Å². The number of aryl methyl sites for hydroxylation is 1. The molecule has 0 radical (unpaired) electrons. The molecule has 2 heteroatoms. The van der Waals surface area contributed by atoms with Crippen molar-refractivity contribution in [2.75, 3.05) is 13.6 Å². The highest BCUT2D eigenvalue weighted by Crippen LogP contribution is 2.75. The molecule has 1 heterocycles. The van der Waals surface area contributed by atoms with Gasteiger partial charge in [0.15, 0.2) is 0 Å². The van der Waals surface area contributed by atoms with Crippen molar-refractivity contribution >= 4 is 5.78 Å². The fraction of sp³-hybridized carbons (Fsp3) is 0.654. The summed E-state index contributed by atoms with van der Waals surface area (Å²) in [5.74, 6) is 1.21. The van der Waals surface area contributed by atoms with Gasteiger partial charge in [-0.05, 0) is 99.6 Å². The molecule has 2 fully saturated rings. The van der Waals surface area contributed by atoms with Crippen LogP contribution in [0.15, 0.2) is 24.3 Å². The average Bonchev–Trinajstić information content (AvgIpc) is 2.85. The van der Waals surface area contributed by atoms with E-state index in [9.17, 15) is 4.79 Å². The van der Waals surface area contributed by atoms with E-state index in [-0.39, 0.29) is 22.2 Å². The van der Waals surface area contributed by atoms with Gasteiger partial charge < -0.3 is 4.90 Å². The number of nitrogens with zero attached hydrogens (tertiary/aromatic N) is 1. The van der Waals surface area contributed by atoms with Crippen LogP contribution < -0.4 is 0 Å². The summed E-state index contributed by atoms with van der Waals surface area (Å²) in [6, 6.07) is 5.37. The molecule has 6 aliphatic rings. The van der Waals surface area contributed by atoms with E-state index in [0.29, 0.717) is 17.7 Å². The van der Waals surface area contributed by atoms with E-state index in [1.165, 1.54) is 37.8 Å².